The second-order valence-corrected chi connectivity index (χ2v) is 3.90. The number of ether oxygens (including phenoxy) is 1. The van der Waals surface area contributed by atoms with Gasteiger partial charge in [0, 0.05) is 0 Å². The minimum Gasteiger partial charge on any atom is -0.387 e. The van der Waals surface area contributed by atoms with Crippen molar-refractivity contribution in [1.29, 1.82) is 0 Å². The van der Waals surface area contributed by atoms with Crippen molar-refractivity contribution in [2.24, 2.45) is 0 Å². The molecule has 0 aromatic heterocycles. The predicted octanol–water partition coefficient (Wildman–Crippen LogP) is 0.870. The van der Waals surface area contributed by atoms with E-state index in [1.165, 1.54) is 0 Å². The number of aliphatic hydroxyl groups is 2. The summed E-state index contributed by atoms with van der Waals surface area (Å²) in [7, 11) is 0. The Kier molecular flexibility index (Phi) is 2.31. The molecule has 3 heteroatoms. The lowest BCUT2D eigenvalue weighted by Crippen LogP contribution is -2.32. The largest absolute Gasteiger partial charge is 0.387 e. The number of aliphatic hydroxyl groups excluding tert-OH is 2. The molecule has 1 aliphatic heterocycles. The number of rotatable bonds is 3. The molecule has 0 saturated carbocycles. The number of benzene rings is 1. The SMILES string of the molecule is C[C@@]1([C@H](O)[C@@H](O)c2ccccc2)CO1. The standard InChI is InChI=1S/C11H14O3/c1-11(7-14-11)10(13)9(12)8-5-3-2-4-6-8/h2-6,9-10,12-13H,7H2,1H3/t9-,10+,11-/m0/s1. The summed E-state index contributed by atoms with van der Waals surface area (Å²) in [5, 5.41) is 19.6. The minimum absolute atomic E-state index is 0.512. The Bertz CT molecular complexity index is 306. The van der Waals surface area contributed by atoms with Gasteiger partial charge in [0.2, 0.25) is 0 Å². The van der Waals surface area contributed by atoms with E-state index in [1.54, 1.807) is 19.1 Å². The van der Waals surface area contributed by atoms with Crippen LogP contribution in [0.1, 0.15) is 18.6 Å². The average Bonchev–Trinajstić information content (AvgIpc) is 2.97. The second-order valence-electron chi connectivity index (χ2n) is 3.90. The quantitative estimate of drug-likeness (QED) is 0.702. The topological polar surface area (TPSA) is 53.0 Å². The Labute approximate surface area is 83.0 Å². The van der Waals surface area contributed by atoms with Crippen LogP contribution in [0.15, 0.2) is 30.3 Å². The molecule has 1 fully saturated rings. The van der Waals surface area contributed by atoms with Gasteiger partial charge in [0.15, 0.2) is 0 Å². The maximum absolute atomic E-state index is 9.83. The molecule has 14 heavy (non-hydrogen) atoms. The number of hydrogen-bond donors (Lipinski definition) is 2. The van der Waals surface area contributed by atoms with Crippen LogP contribution in [0.25, 0.3) is 0 Å². The fraction of sp³-hybridized carbons (Fsp3) is 0.455. The summed E-state index contributed by atoms with van der Waals surface area (Å²) in [6, 6.07) is 9.12. The van der Waals surface area contributed by atoms with Crippen molar-refractivity contribution in [2.75, 3.05) is 6.61 Å². The monoisotopic (exact) mass is 194 g/mol. The molecule has 3 atom stereocenters. The van der Waals surface area contributed by atoms with Crippen molar-refractivity contribution in [3.63, 3.8) is 0 Å². The molecule has 1 aliphatic rings. The zero-order valence-corrected chi connectivity index (χ0v) is 8.05. The highest BCUT2D eigenvalue weighted by molar-refractivity contribution is 5.20. The zero-order valence-electron chi connectivity index (χ0n) is 8.05. The molecular weight excluding hydrogens is 180 g/mol. The Hall–Kier alpha value is -0.900. The van der Waals surface area contributed by atoms with Crippen molar-refractivity contribution in [3.05, 3.63) is 35.9 Å². The minimum atomic E-state index is -0.872. The molecule has 2 N–H and O–H groups in total. The highest BCUT2D eigenvalue weighted by atomic mass is 16.6. The molecule has 1 heterocycles. The van der Waals surface area contributed by atoms with Crippen LogP contribution in [-0.4, -0.2) is 28.5 Å². The van der Waals surface area contributed by atoms with Crippen LogP contribution >= 0.6 is 0 Å². The molecule has 0 amide bonds. The van der Waals surface area contributed by atoms with Gasteiger partial charge in [0.05, 0.1) is 6.61 Å². The fourth-order valence-corrected chi connectivity index (χ4v) is 1.45. The summed E-state index contributed by atoms with van der Waals surface area (Å²) < 4.78 is 5.09. The first-order valence-corrected chi connectivity index (χ1v) is 4.68. The molecule has 0 unspecified atom stereocenters. The van der Waals surface area contributed by atoms with E-state index < -0.39 is 17.8 Å². The van der Waals surface area contributed by atoms with E-state index >= 15 is 0 Å². The van der Waals surface area contributed by atoms with Crippen molar-refractivity contribution in [1.82, 2.24) is 0 Å². The number of epoxide rings is 1. The van der Waals surface area contributed by atoms with Gasteiger partial charge < -0.3 is 14.9 Å². The first-order valence-electron chi connectivity index (χ1n) is 4.68. The van der Waals surface area contributed by atoms with Gasteiger partial charge in [-0.25, -0.2) is 0 Å². The number of hydrogen-bond acceptors (Lipinski definition) is 3. The van der Waals surface area contributed by atoms with Gasteiger partial charge >= 0.3 is 0 Å². The van der Waals surface area contributed by atoms with Gasteiger partial charge in [0.1, 0.15) is 17.8 Å². The van der Waals surface area contributed by atoms with Gasteiger partial charge in [-0.3, -0.25) is 0 Å². The highest BCUT2D eigenvalue weighted by Gasteiger charge is 2.49. The first-order chi connectivity index (χ1) is 6.63. The van der Waals surface area contributed by atoms with E-state index in [0.29, 0.717) is 6.61 Å². The van der Waals surface area contributed by atoms with E-state index in [4.69, 9.17) is 4.74 Å². The predicted molar refractivity (Wildman–Crippen MR) is 51.8 cm³/mol. The Morgan fingerprint density at radius 2 is 1.86 bits per heavy atom. The molecule has 2 rings (SSSR count). The van der Waals surface area contributed by atoms with Gasteiger partial charge in [-0.2, -0.15) is 0 Å². The maximum atomic E-state index is 9.83. The summed E-state index contributed by atoms with van der Waals surface area (Å²) in [5.74, 6) is 0. The van der Waals surface area contributed by atoms with Crippen LogP contribution in [0.3, 0.4) is 0 Å². The molecule has 1 aromatic rings. The molecule has 1 saturated heterocycles. The van der Waals surface area contributed by atoms with Crippen molar-refractivity contribution in [2.45, 2.75) is 24.7 Å². The van der Waals surface area contributed by atoms with Gasteiger partial charge in [-0.1, -0.05) is 30.3 Å². The summed E-state index contributed by atoms with van der Waals surface area (Å²) in [6.07, 6.45) is -1.73. The second kappa shape index (κ2) is 3.35. The average molecular weight is 194 g/mol. The van der Waals surface area contributed by atoms with Crippen LogP contribution in [0.4, 0.5) is 0 Å². The summed E-state index contributed by atoms with van der Waals surface area (Å²) >= 11 is 0. The van der Waals surface area contributed by atoms with Gasteiger partial charge in [-0.15, -0.1) is 0 Å². The van der Waals surface area contributed by atoms with E-state index in [1.807, 2.05) is 18.2 Å². The fourth-order valence-electron chi connectivity index (χ4n) is 1.45. The lowest BCUT2D eigenvalue weighted by Gasteiger charge is -2.21. The highest BCUT2D eigenvalue weighted by Crippen LogP contribution is 2.36. The zero-order chi connectivity index (χ0) is 10.2. The molecule has 1 aromatic carbocycles. The van der Waals surface area contributed by atoms with Crippen molar-refractivity contribution < 1.29 is 14.9 Å². The van der Waals surface area contributed by atoms with Gasteiger partial charge in [-0.05, 0) is 12.5 Å². The molecule has 0 bridgehead atoms. The van der Waals surface area contributed by atoms with Crippen molar-refractivity contribution >= 4 is 0 Å². The Morgan fingerprint density at radius 3 is 2.36 bits per heavy atom. The third-order valence-corrected chi connectivity index (χ3v) is 2.67. The van der Waals surface area contributed by atoms with Crippen LogP contribution < -0.4 is 0 Å². The molecule has 76 valence electrons. The van der Waals surface area contributed by atoms with E-state index in [2.05, 4.69) is 0 Å². The van der Waals surface area contributed by atoms with Crippen LogP contribution in [0.2, 0.25) is 0 Å². The maximum Gasteiger partial charge on any atom is 0.117 e. The third kappa shape index (κ3) is 1.66. The molecule has 0 radical (unpaired) electrons. The Morgan fingerprint density at radius 1 is 1.29 bits per heavy atom. The van der Waals surface area contributed by atoms with E-state index in [9.17, 15) is 10.2 Å². The first kappa shape index (κ1) is 9.65. The summed E-state index contributed by atoms with van der Waals surface area (Å²) in [6.45, 7) is 2.31. The lowest BCUT2D eigenvalue weighted by atomic mass is 9.95. The van der Waals surface area contributed by atoms with Crippen LogP contribution in [0.5, 0.6) is 0 Å². The van der Waals surface area contributed by atoms with Crippen LogP contribution in [-0.2, 0) is 4.74 Å². The normalized spacial score (nSPS) is 29.6. The van der Waals surface area contributed by atoms with Gasteiger partial charge in [0.25, 0.3) is 0 Å². The summed E-state index contributed by atoms with van der Waals surface area (Å²) in [5.41, 5.74) is 0.159. The van der Waals surface area contributed by atoms with E-state index in [0.717, 1.165) is 5.56 Å². The van der Waals surface area contributed by atoms with Crippen molar-refractivity contribution in [3.8, 4) is 0 Å². The van der Waals surface area contributed by atoms with Crippen LogP contribution in [0, 0.1) is 0 Å². The smallest absolute Gasteiger partial charge is 0.117 e. The Balaban J connectivity index is 2.12. The summed E-state index contributed by atoms with van der Waals surface area (Å²) in [4.78, 5) is 0. The lowest BCUT2D eigenvalue weighted by molar-refractivity contribution is -0.0266. The molecular formula is C11H14O3. The third-order valence-electron chi connectivity index (χ3n) is 2.67. The molecule has 3 nitrogen and oxygen atoms in total. The molecule has 0 spiro atoms. The van der Waals surface area contributed by atoms with E-state index in [-0.39, 0.29) is 0 Å². The molecule has 0 aliphatic carbocycles.